The van der Waals surface area contributed by atoms with Crippen LogP contribution in [0.1, 0.15) is 44.1 Å². The molecule has 1 heterocycles. The molecule has 116 valence electrons. The Bertz CT molecular complexity index is 484. The van der Waals surface area contributed by atoms with Crippen molar-refractivity contribution in [2.45, 2.75) is 56.7 Å². The van der Waals surface area contributed by atoms with Gasteiger partial charge in [0.05, 0.1) is 12.2 Å². The summed E-state index contributed by atoms with van der Waals surface area (Å²) >= 11 is 0. The number of rotatable bonds is 4. The molecule has 0 saturated heterocycles. The first-order valence-corrected chi connectivity index (χ1v) is 8.00. The Morgan fingerprint density at radius 1 is 1.24 bits per heavy atom. The molecule has 1 saturated carbocycles. The fourth-order valence-corrected chi connectivity index (χ4v) is 3.43. The molecule has 1 aliphatic carbocycles. The molecule has 0 amide bonds. The molecule has 1 aromatic rings. The standard InChI is InChI=1S/C17H24FNO2/c18-14-5-6-16-13(9-14)10-15(21-16)11-20-17(12-19)7-3-1-2-4-8-17/h5-6,9,15H,1-4,7-8,10-12,19H2. The van der Waals surface area contributed by atoms with Gasteiger partial charge in [0, 0.05) is 18.5 Å². The Labute approximate surface area is 125 Å². The van der Waals surface area contributed by atoms with E-state index in [4.69, 9.17) is 15.2 Å². The van der Waals surface area contributed by atoms with E-state index in [0.717, 1.165) is 24.2 Å². The topological polar surface area (TPSA) is 44.5 Å². The lowest BCUT2D eigenvalue weighted by atomic mass is 9.94. The second-order valence-electron chi connectivity index (χ2n) is 6.31. The molecule has 0 radical (unpaired) electrons. The smallest absolute Gasteiger partial charge is 0.126 e. The Morgan fingerprint density at radius 3 is 2.71 bits per heavy atom. The quantitative estimate of drug-likeness (QED) is 0.867. The van der Waals surface area contributed by atoms with E-state index in [0.29, 0.717) is 19.6 Å². The summed E-state index contributed by atoms with van der Waals surface area (Å²) in [6, 6.07) is 4.70. The van der Waals surface area contributed by atoms with Crippen molar-refractivity contribution in [1.29, 1.82) is 0 Å². The molecule has 21 heavy (non-hydrogen) atoms. The summed E-state index contributed by atoms with van der Waals surface area (Å²) in [6.45, 7) is 1.11. The van der Waals surface area contributed by atoms with Crippen LogP contribution < -0.4 is 10.5 Å². The van der Waals surface area contributed by atoms with Crippen LogP contribution in [0.3, 0.4) is 0 Å². The summed E-state index contributed by atoms with van der Waals surface area (Å²) in [5, 5.41) is 0. The van der Waals surface area contributed by atoms with Gasteiger partial charge in [-0.25, -0.2) is 4.39 Å². The van der Waals surface area contributed by atoms with Crippen LogP contribution in [0.4, 0.5) is 4.39 Å². The second kappa shape index (κ2) is 6.32. The molecule has 4 heteroatoms. The van der Waals surface area contributed by atoms with E-state index in [1.807, 2.05) is 0 Å². The molecule has 0 spiro atoms. The molecule has 1 fully saturated rings. The largest absolute Gasteiger partial charge is 0.487 e. The third-order valence-electron chi connectivity index (χ3n) is 4.73. The lowest BCUT2D eigenvalue weighted by Crippen LogP contribution is -2.42. The Hall–Kier alpha value is -1.13. The summed E-state index contributed by atoms with van der Waals surface area (Å²) in [4.78, 5) is 0. The van der Waals surface area contributed by atoms with Crippen LogP contribution in [-0.4, -0.2) is 24.9 Å². The van der Waals surface area contributed by atoms with Crippen LogP contribution in [0.5, 0.6) is 5.75 Å². The first kappa shape index (κ1) is 14.8. The zero-order valence-electron chi connectivity index (χ0n) is 12.4. The molecule has 1 atom stereocenters. The Morgan fingerprint density at radius 2 is 2.00 bits per heavy atom. The Balaban J connectivity index is 1.58. The molecule has 0 aromatic heterocycles. The van der Waals surface area contributed by atoms with Crippen LogP contribution in [0.25, 0.3) is 0 Å². The van der Waals surface area contributed by atoms with Gasteiger partial charge >= 0.3 is 0 Å². The SMILES string of the molecule is NCC1(OCC2Cc3cc(F)ccc3O2)CCCCCC1. The van der Waals surface area contributed by atoms with E-state index in [-0.39, 0.29) is 17.5 Å². The highest BCUT2D eigenvalue weighted by Gasteiger charge is 2.33. The van der Waals surface area contributed by atoms with Crippen molar-refractivity contribution in [2.24, 2.45) is 5.73 Å². The minimum Gasteiger partial charge on any atom is -0.487 e. The van der Waals surface area contributed by atoms with Crippen LogP contribution in [0, 0.1) is 5.82 Å². The first-order valence-electron chi connectivity index (χ1n) is 8.00. The van der Waals surface area contributed by atoms with Crippen molar-refractivity contribution in [3.8, 4) is 5.75 Å². The van der Waals surface area contributed by atoms with Crippen molar-refractivity contribution < 1.29 is 13.9 Å². The highest BCUT2D eigenvalue weighted by atomic mass is 19.1. The molecule has 3 rings (SSSR count). The molecule has 3 nitrogen and oxygen atoms in total. The number of benzene rings is 1. The third kappa shape index (κ3) is 3.38. The number of fused-ring (bicyclic) bond motifs is 1. The van der Waals surface area contributed by atoms with Gasteiger partial charge in [0.15, 0.2) is 0 Å². The van der Waals surface area contributed by atoms with Gasteiger partial charge in [-0.05, 0) is 31.0 Å². The predicted octanol–water partition coefficient (Wildman–Crippen LogP) is 3.20. The van der Waals surface area contributed by atoms with Crippen LogP contribution >= 0.6 is 0 Å². The van der Waals surface area contributed by atoms with E-state index in [2.05, 4.69) is 0 Å². The number of nitrogens with two attached hydrogens (primary N) is 1. The van der Waals surface area contributed by atoms with E-state index in [9.17, 15) is 4.39 Å². The average molecular weight is 293 g/mol. The maximum absolute atomic E-state index is 13.2. The number of hydrogen-bond acceptors (Lipinski definition) is 3. The molecule has 2 N–H and O–H groups in total. The van der Waals surface area contributed by atoms with E-state index >= 15 is 0 Å². The van der Waals surface area contributed by atoms with E-state index in [1.165, 1.54) is 31.7 Å². The van der Waals surface area contributed by atoms with Crippen molar-refractivity contribution in [3.05, 3.63) is 29.6 Å². The molecule has 1 aromatic carbocycles. The fourth-order valence-electron chi connectivity index (χ4n) is 3.43. The van der Waals surface area contributed by atoms with Gasteiger partial charge in [-0.3, -0.25) is 0 Å². The van der Waals surface area contributed by atoms with Gasteiger partial charge in [0.1, 0.15) is 17.7 Å². The zero-order valence-corrected chi connectivity index (χ0v) is 12.4. The van der Waals surface area contributed by atoms with Crippen molar-refractivity contribution in [3.63, 3.8) is 0 Å². The number of ether oxygens (including phenoxy) is 2. The monoisotopic (exact) mass is 293 g/mol. The fraction of sp³-hybridized carbons (Fsp3) is 0.647. The summed E-state index contributed by atoms with van der Waals surface area (Å²) < 4.78 is 25.3. The lowest BCUT2D eigenvalue weighted by molar-refractivity contribution is -0.0742. The zero-order chi connectivity index (χ0) is 14.7. The number of hydrogen-bond donors (Lipinski definition) is 1. The van der Waals surface area contributed by atoms with E-state index < -0.39 is 0 Å². The lowest BCUT2D eigenvalue weighted by Gasteiger charge is -2.32. The first-order chi connectivity index (χ1) is 10.2. The summed E-state index contributed by atoms with van der Waals surface area (Å²) in [5.74, 6) is 0.578. The minimum absolute atomic E-state index is 0.0199. The maximum Gasteiger partial charge on any atom is 0.126 e. The molecule has 2 aliphatic rings. The van der Waals surface area contributed by atoms with Gasteiger partial charge in [0.2, 0.25) is 0 Å². The summed E-state index contributed by atoms with van der Waals surface area (Å²) in [7, 11) is 0. The van der Waals surface area contributed by atoms with Gasteiger partial charge in [-0.15, -0.1) is 0 Å². The molecular formula is C17H24FNO2. The normalized spacial score (nSPS) is 24.2. The second-order valence-corrected chi connectivity index (χ2v) is 6.31. The highest BCUT2D eigenvalue weighted by Crippen LogP contribution is 2.33. The third-order valence-corrected chi connectivity index (χ3v) is 4.73. The number of halogens is 1. The van der Waals surface area contributed by atoms with Gasteiger partial charge < -0.3 is 15.2 Å². The predicted molar refractivity (Wildman–Crippen MR) is 80.0 cm³/mol. The van der Waals surface area contributed by atoms with Crippen LogP contribution in [0.2, 0.25) is 0 Å². The average Bonchev–Trinajstić information content (AvgIpc) is 2.74. The minimum atomic E-state index is -0.207. The molecular weight excluding hydrogens is 269 g/mol. The van der Waals surface area contributed by atoms with Crippen LogP contribution in [0.15, 0.2) is 18.2 Å². The van der Waals surface area contributed by atoms with Crippen molar-refractivity contribution in [2.75, 3.05) is 13.2 Å². The molecule has 1 aliphatic heterocycles. The van der Waals surface area contributed by atoms with Crippen molar-refractivity contribution >= 4 is 0 Å². The highest BCUT2D eigenvalue weighted by molar-refractivity contribution is 5.37. The maximum atomic E-state index is 13.2. The van der Waals surface area contributed by atoms with E-state index in [1.54, 1.807) is 12.1 Å². The Kier molecular flexibility index (Phi) is 4.45. The van der Waals surface area contributed by atoms with Gasteiger partial charge in [-0.2, -0.15) is 0 Å². The molecule has 1 unspecified atom stereocenters. The summed E-state index contributed by atoms with van der Waals surface area (Å²) in [5.41, 5.74) is 6.74. The van der Waals surface area contributed by atoms with Crippen molar-refractivity contribution in [1.82, 2.24) is 0 Å². The molecule has 0 bridgehead atoms. The van der Waals surface area contributed by atoms with Gasteiger partial charge in [0.25, 0.3) is 0 Å². The summed E-state index contributed by atoms with van der Waals surface area (Å²) in [6.07, 6.45) is 7.70. The van der Waals surface area contributed by atoms with Gasteiger partial charge in [-0.1, -0.05) is 25.7 Å². The van der Waals surface area contributed by atoms with Crippen LogP contribution in [-0.2, 0) is 11.2 Å².